The van der Waals surface area contributed by atoms with Crippen LogP contribution >= 0.6 is 0 Å². The van der Waals surface area contributed by atoms with E-state index in [4.69, 9.17) is 0 Å². The van der Waals surface area contributed by atoms with Gasteiger partial charge in [0.2, 0.25) is 0 Å². The van der Waals surface area contributed by atoms with Gasteiger partial charge in [-0.2, -0.15) is 0 Å². The fourth-order valence-electron chi connectivity index (χ4n) is 1.58. The first-order valence-electron chi connectivity index (χ1n) is 4.17. The molecule has 0 unspecified atom stereocenters. The maximum atomic E-state index is 2.31. The number of rotatable bonds is 1. The maximum absolute atomic E-state index is 2.31. The summed E-state index contributed by atoms with van der Waals surface area (Å²) in [6, 6.07) is 8.63. The van der Waals surface area contributed by atoms with Crippen molar-refractivity contribution in [3.63, 3.8) is 0 Å². The van der Waals surface area contributed by atoms with Gasteiger partial charge in [0.15, 0.2) is 0 Å². The van der Waals surface area contributed by atoms with Crippen molar-refractivity contribution in [2.45, 2.75) is 19.8 Å². The molecule has 0 atom stereocenters. The molecule has 0 saturated carbocycles. The molecule has 0 N–H and O–H groups in total. The van der Waals surface area contributed by atoms with E-state index in [0.717, 1.165) is 0 Å². The van der Waals surface area contributed by atoms with Crippen LogP contribution < -0.4 is 0 Å². The van der Waals surface area contributed by atoms with Crippen LogP contribution in [0.5, 0.6) is 0 Å². The molecule has 0 radical (unpaired) electrons. The van der Waals surface area contributed by atoms with Crippen molar-refractivity contribution >= 4 is 6.08 Å². The number of benzene rings is 1. The number of hydrogen-bond acceptors (Lipinski definition) is 0. The molecule has 0 saturated heterocycles. The molecule has 0 bridgehead atoms. The van der Waals surface area contributed by atoms with Crippen molar-refractivity contribution in [3.05, 3.63) is 41.0 Å². The molecule has 0 fully saturated rings. The zero-order valence-corrected chi connectivity index (χ0v) is 9.76. The van der Waals surface area contributed by atoms with Crippen LogP contribution in [0.25, 0.3) is 6.08 Å². The van der Waals surface area contributed by atoms with Crippen LogP contribution in [0.4, 0.5) is 0 Å². The van der Waals surface area contributed by atoms with Gasteiger partial charge in [0.1, 0.15) is 0 Å². The standard InChI is InChI=1S/C11H12.Zr/c1-2-9-7-10-5-3-4-6-11(10)8-9;/h3-7H,2,8H2,1H3;. The van der Waals surface area contributed by atoms with Gasteiger partial charge in [-0.25, -0.2) is 0 Å². The Morgan fingerprint density at radius 3 is 2.67 bits per heavy atom. The molecule has 2 rings (SSSR count). The largest absolute Gasteiger partial charge is 0.0655 e. The maximum Gasteiger partial charge on any atom is 0 e. The molecule has 0 aliphatic heterocycles. The Morgan fingerprint density at radius 2 is 2.00 bits per heavy atom. The molecule has 0 amide bonds. The average Bonchev–Trinajstić information content (AvgIpc) is 2.46. The van der Waals surface area contributed by atoms with Gasteiger partial charge in [-0.05, 0) is 24.0 Å². The van der Waals surface area contributed by atoms with Crippen LogP contribution in [0.3, 0.4) is 0 Å². The summed E-state index contributed by atoms with van der Waals surface area (Å²) in [5.74, 6) is 0. The zero-order chi connectivity index (χ0) is 7.68. The quantitative estimate of drug-likeness (QED) is 0.702. The van der Waals surface area contributed by atoms with E-state index >= 15 is 0 Å². The van der Waals surface area contributed by atoms with E-state index < -0.39 is 0 Å². The summed E-state index contributed by atoms with van der Waals surface area (Å²) >= 11 is 0. The van der Waals surface area contributed by atoms with E-state index in [-0.39, 0.29) is 26.2 Å². The van der Waals surface area contributed by atoms with E-state index in [1.807, 2.05) is 0 Å². The third-order valence-corrected chi connectivity index (χ3v) is 2.29. The minimum Gasteiger partial charge on any atom is -0.0655 e. The summed E-state index contributed by atoms with van der Waals surface area (Å²) in [6.07, 6.45) is 4.68. The topological polar surface area (TPSA) is 0 Å². The van der Waals surface area contributed by atoms with Crippen LogP contribution in [0.2, 0.25) is 0 Å². The second-order valence-electron chi connectivity index (χ2n) is 3.03. The molecule has 1 aliphatic rings. The average molecular weight is 235 g/mol. The first-order valence-corrected chi connectivity index (χ1v) is 4.17. The molecule has 1 aromatic rings. The first kappa shape index (κ1) is 9.93. The second kappa shape index (κ2) is 4.19. The van der Waals surface area contributed by atoms with E-state index in [2.05, 4.69) is 37.3 Å². The van der Waals surface area contributed by atoms with Crippen molar-refractivity contribution in [1.29, 1.82) is 0 Å². The van der Waals surface area contributed by atoms with Crippen LogP contribution in [-0.2, 0) is 32.6 Å². The van der Waals surface area contributed by atoms with Crippen molar-refractivity contribution in [2.24, 2.45) is 0 Å². The molecule has 60 valence electrons. The number of fused-ring (bicyclic) bond motifs is 1. The normalized spacial score (nSPS) is 13.2. The Kier molecular flexibility index (Phi) is 3.46. The van der Waals surface area contributed by atoms with Gasteiger partial charge < -0.3 is 0 Å². The summed E-state index contributed by atoms with van der Waals surface area (Å²) in [5.41, 5.74) is 4.47. The molecule has 1 aromatic carbocycles. The molecular weight excluding hydrogens is 223 g/mol. The molecule has 1 aliphatic carbocycles. The number of allylic oxidation sites excluding steroid dienone is 1. The Labute approximate surface area is 92.8 Å². The molecule has 0 nitrogen and oxygen atoms in total. The van der Waals surface area contributed by atoms with Crippen LogP contribution in [0.1, 0.15) is 24.5 Å². The van der Waals surface area contributed by atoms with E-state index in [1.165, 1.54) is 24.0 Å². The molecule has 0 heterocycles. The predicted molar refractivity (Wildman–Crippen MR) is 48.4 cm³/mol. The van der Waals surface area contributed by atoms with E-state index in [0.29, 0.717) is 0 Å². The summed E-state index contributed by atoms with van der Waals surface area (Å²) in [4.78, 5) is 0. The molecule has 0 aromatic heterocycles. The van der Waals surface area contributed by atoms with Crippen molar-refractivity contribution in [2.75, 3.05) is 0 Å². The monoisotopic (exact) mass is 234 g/mol. The third kappa shape index (κ3) is 1.77. The second-order valence-corrected chi connectivity index (χ2v) is 3.03. The summed E-state index contributed by atoms with van der Waals surface area (Å²) in [5, 5.41) is 0. The van der Waals surface area contributed by atoms with Crippen LogP contribution in [0.15, 0.2) is 29.8 Å². The zero-order valence-electron chi connectivity index (χ0n) is 7.30. The van der Waals surface area contributed by atoms with Gasteiger partial charge in [0, 0.05) is 26.2 Å². The summed E-state index contributed by atoms with van der Waals surface area (Å²) in [6.45, 7) is 2.22. The van der Waals surface area contributed by atoms with E-state index in [9.17, 15) is 0 Å². The fourth-order valence-corrected chi connectivity index (χ4v) is 1.58. The summed E-state index contributed by atoms with van der Waals surface area (Å²) < 4.78 is 0. The first-order chi connectivity index (χ1) is 5.40. The van der Waals surface area contributed by atoms with Gasteiger partial charge >= 0.3 is 0 Å². The molecular formula is C11H12Zr. The predicted octanol–water partition coefficient (Wildman–Crippen LogP) is 3.03. The smallest absolute Gasteiger partial charge is 0 e. The molecule has 12 heavy (non-hydrogen) atoms. The molecule has 0 spiro atoms. The van der Waals surface area contributed by atoms with Crippen LogP contribution in [-0.4, -0.2) is 0 Å². The van der Waals surface area contributed by atoms with Gasteiger partial charge in [0.05, 0.1) is 0 Å². The van der Waals surface area contributed by atoms with Crippen LogP contribution in [0, 0.1) is 0 Å². The Morgan fingerprint density at radius 1 is 1.25 bits per heavy atom. The Balaban J connectivity index is 0.000000720. The summed E-state index contributed by atoms with van der Waals surface area (Å²) in [7, 11) is 0. The third-order valence-electron chi connectivity index (χ3n) is 2.29. The van der Waals surface area contributed by atoms with Crippen molar-refractivity contribution in [1.82, 2.24) is 0 Å². The van der Waals surface area contributed by atoms with Crippen molar-refractivity contribution in [3.8, 4) is 0 Å². The number of hydrogen-bond donors (Lipinski definition) is 0. The van der Waals surface area contributed by atoms with Gasteiger partial charge in [-0.1, -0.05) is 42.8 Å². The van der Waals surface area contributed by atoms with Gasteiger partial charge in [-0.15, -0.1) is 0 Å². The Hall–Kier alpha value is -0.157. The van der Waals surface area contributed by atoms with Crippen molar-refractivity contribution < 1.29 is 26.2 Å². The Bertz CT molecular complexity index is 300. The minimum atomic E-state index is 0. The fraction of sp³-hybridized carbons (Fsp3) is 0.273. The van der Waals surface area contributed by atoms with E-state index in [1.54, 1.807) is 5.57 Å². The minimum absolute atomic E-state index is 0. The molecule has 1 heteroatoms. The van der Waals surface area contributed by atoms with Gasteiger partial charge in [-0.3, -0.25) is 0 Å². The van der Waals surface area contributed by atoms with Gasteiger partial charge in [0.25, 0.3) is 0 Å². The SMILES string of the molecule is CCC1=Cc2ccccc2C1.[Zr].